The minimum Gasteiger partial charge on any atom is -0.461 e. The average molecular weight is 306 g/mol. The number of amides is 1. The Bertz CT molecular complexity index is 360. The van der Waals surface area contributed by atoms with Crippen LogP contribution in [0.4, 0.5) is 0 Å². The number of hydrogen-bond donors (Lipinski definition) is 4. The van der Waals surface area contributed by atoms with Crippen LogP contribution < -0.4 is 11.5 Å². The van der Waals surface area contributed by atoms with Gasteiger partial charge in [-0.1, -0.05) is 0 Å². The van der Waals surface area contributed by atoms with E-state index in [0.717, 1.165) is 0 Å². The van der Waals surface area contributed by atoms with Crippen LogP contribution in [0.1, 0.15) is 26.2 Å². The Labute approximate surface area is 122 Å². The zero-order chi connectivity index (χ0) is 16.4. The molecule has 6 N–H and O–H groups in total. The van der Waals surface area contributed by atoms with E-state index in [1.807, 2.05) is 0 Å². The van der Waals surface area contributed by atoms with Crippen LogP contribution in [0.5, 0.6) is 0 Å². The van der Waals surface area contributed by atoms with Crippen LogP contribution in [0.2, 0.25) is 0 Å². The molecule has 1 amide bonds. The quantitative estimate of drug-likeness (QED) is 0.330. The summed E-state index contributed by atoms with van der Waals surface area (Å²) in [6.45, 7) is 0.685. The molecule has 3 atom stereocenters. The molecule has 21 heavy (non-hydrogen) atoms. The first kappa shape index (κ1) is 19.3. The van der Waals surface area contributed by atoms with Crippen molar-refractivity contribution in [2.45, 2.75) is 44.4 Å². The van der Waals surface area contributed by atoms with Gasteiger partial charge in [0.25, 0.3) is 0 Å². The smallest absolute Gasteiger partial charge is 0.347 e. The van der Waals surface area contributed by atoms with Gasteiger partial charge in [-0.2, -0.15) is 0 Å². The molecule has 9 heteroatoms. The zero-order valence-corrected chi connectivity index (χ0v) is 11.9. The molecule has 0 aliphatic heterocycles. The van der Waals surface area contributed by atoms with E-state index in [2.05, 4.69) is 4.74 Å². The van der Waals surface area contributed by atoms with Crippen molar-refractivity contribution in [3.8, 4) is 0 Å². The number of ether oxygens (including phenoxy) is 2. The fourth-order valence-corrected chi connectivity index (χ4v) is 1.34. The lowest BCUT2D eigenvalue weighted by Gasteiger charge is -2.20. The predicted molar refractivity (Wildman–Crippen MR) is 70.6 cm³/mol. The molecule has 0 heterocycles. The number of aliphatic hydroxyl groups is 2. The summed E-state index contributed by atoms with van der Waals surface area (Å²) in [5.74, 6) is -2.38. The van der Waals surface area contributed by atoms with Crippen molar-refractivity contribution in [2.24, 2.45) is 11.5 Å². The van der Waals surface area contributed by atoms with Crippen molar-refractivity contribution in [3.05, 3.63) is 0 Å². The Morgan fingerprint density at radius 2 is 1.86 bits per heavy atom. The number of primary amides is 1. The molecule has 0 aromatic heterocycles. The van der Waals surface area contributed by atoms with Crippen LogP contribution in [0, 0.1) is 0 Å². The Morgan fingerprint density at radius 3 is 2.33 bits per heavy atom. The summed E-state index contributed by atoms with van der Waals surface area (Å²) in [7, 11) is 0. The van der Waals surface area contributed by atoms with E-state index >= 15 is 0 Å². The van der Waals surface area contributed by atoms with Crippen molar-refractivity contribution in [1.82, 2.24) is 0 Å². The van der Waals surface area contributed by atoms with Crippen molar-refractivity contribution < 1.29 is 34.1 Å². The SMILES string of the molecule is C[C@@H](O)[C@H](N)C(=O)OC(CCCC(N)=O)C(=O)OCCO. The van der Waals surface area contributed by atoms with Gasteiger partial charge in [-0.05, 0) is 19.8 Å². The Hall–Kier alpha value is -1.71. The zero-order valence-electron chi connectivity index (χ0n) is 11.9. The number of rotatable bonds is 10. The fourth-order valence-electron chi connectivity index (χ4n) is 1.34. The highest BCUT2D eigenvalue weighted by atomic mass is 16.6. The van der Waals surface area contributed by atoms with E-state index in [1.54, 1.807) is 0 Å². The third kappa shape index (κ3) is 8.23. The molecule has 0 bridgehead atoms. The molecule has 0 spiro atoms. The molecule has 0 saturated carbocycles. The van der Waals surface area contributed by atoms with Crippen molar-refractivity contribution in [1.29, 1.82) is 0 Å². The standard InChI is InChI=1S/C12H22N2O7/c1-7(16)10(14)12(19)21-8(3-2-4-9(13)17)11(18)20-6-5-15/h7-8,10,15-16H,2-6,14H2,1H3,(H2,13,17)/t7-,8?,10+/m1/s1. The normalized spacial score (nSPS) is 14.9. The Balaban J connectivity index is 4.59. The van der Waals surface area contributed by atoms with Crippen LogP contribution in [0.15, 0.2) is 0 Å². The maximum atomic E-state index is 11.7. The van der Waals surface area contributed by atoms with Crippen LogP contribution in [-0.4, -0.2) is 59.5 Å². The van der Waals surface area contributed by atoms with E-state index in [9.17, 15) is 19.5 Å². The Kier molecular flexibility index (Phi) is 9.26. The third-order valence-corrected chi connectivity index (χ3v) is 2.54. The monoisotopic (exact) mass is 306 g/mol. The number of carbonyl (C=O) groups excluding carboxylic acids is 3. The van der Waals surface area contributed by atoms with Gasteiger partial charge in [0.1, 0.15) is 12.6 Å². The number of hydrogen-bond acceptors (Lipinski definition) is 8. The summed E-state index contributed by atoms with van der Waals surface area (Å²) in [5.41, 5.74) is 10.4. The molecule has 0 aliphatic carbocycles. The second-order valence-electron chi connectivity index (χ2n) is 4.44. The summed E-state index contributed by atoms with van der Waals surface area (Å²) in [4.78, 5) is 33.9. The molecule has 0 saturated heterocycles. The Morgan fingerprint density at radius 1 is 1.24 bits per heavy atom. The number of esters is 2. The lowest BCUT2D eigenvalue weighted by molar-refractivity contribution is -0.171. The van der Waals surface area contributed by atoms with Crippen LogP contribution in [0.25, 0.3) is 0 Å². The van der Waals surface area contributed by atoms with E-state index in [4.69, 9.17) is 21.3 Å². The summed E-state index contributed by atoms with van der Waals surface area (Å²) in [6.07, 6.45) is -2.16. The average Bonchev–Trinajstić information content (AvgIpc) is 2.41. The van der Waals surface area contributed by atoms with Crippen molar-refractivity contribution in [2.75, 3.05) is 13.2 Å². The second-order valence-corrected chi connectivity index (χ2v) is 4.44. The van der Waals surface area contributed by atoms with Gasteiger partial charge in [0.15, 0.2) is 6.10 Å². The highest BCUT2D eigenvalue weighted by Crippen LogP contribution is 2.09. The molecule has 0 radical (unpaired) electrons. The summed E-state index contributed by atoms with van der Waals surface area (Å²) < 4.78 is 9.55. The fraction of sp³-hybridized carbons (Fsp3) is 0.750. The maximum Gasteiger partial charge on any atom is 0.347 e. The van der Waals surface area contributed by atoms with Crippen LogP contribution in [-0.2, 0) is 23.9 Å². The summed E-state index contributed by atoms with van der Waals surface area (Å²) in [5, 5.41) is 17.8. The predicted octanol–water partition coefficient (Wildman–Crippen LogP) is -2.20. The number of aliphatic hydroxyl groups excluding tert-OH is 2. The molecule has 0 fully saturated rings. The molecular formula is C12H22N2O7. The first-order chi connectivity index (χ1) is 9.79. The van der Waals surface area contributed by atoms with E-state index < -0.39 is 36.1 Å². The van der Waals surface area contributed by atoms with Gasteiger partial charge in [0.05, 0.1) is 12.7 Å². The lowest BCUT2D eigenvalue weighted by Crippen LogP contribution is -2.44. The van der Waals surface area contributed by atoms with Gasteiger partial charge >= 0.3 is 11.9 Å². The molecular weight excluding hydrogens is 284 g/mol. The highest BCUT2D eigenvalue weighted by Gasteiger charge is 2.29. The molecule has 0 rings (SSSR count). The number of carbonyl (C=O) groups is 3. The topological polar surface area (TPSA) is 162 Å². The summed E-state index contributed by atoms with van der Waals surface area (Å²) in [6, 6.07) is -1.30. The van der Waals surface area contributed by atoms with E-state index in [1.165, 1.54) is 6.92 Å². The molecule has 9 nitrogen and oxygen atoms in total. The van der Waals surface area contributed by atoms with Gasteiger partial charge in [0, 0.05) is 6.42 Å². The minimum absolute atomic E-state index is 0.0176. The lowest BCUT2D eigenvalue weighted by atomic mass is 10.1. The third-order valence-electron chi connectivity index (χ3n) is 2.54. The van der Waals surface area contributed by atoms with Gasteiger partial charge in [0.2, 0.25) is 5.91 Å². The molecule has 0 aromatic carbocycles. The van der Waals surface area contributed by atoms with E-state index in [-0.39, 0.29) is 32.5 Å². The van der Waals surface area contributed by atoms with Crippen LogP contribution >= 0.6 is 0 Å². The van der Waals surface area contributed by atoms with Crippen molar-refractivity contribution >= 4 is 17.8 Å². The van der Waals surface area contributed by atoms with Gasteiger partial charge in [-0.15, -0.1) is 0 Å². The first-order valence-electron chi connectivity index (χ1n) is 6.49. The molecule has 1 unspecified atom stereocenters. The second kappa shape index (κ2) is 10.1. The summed E-state index contributed by atoms with van der Waals surface area (Å²) >= 11 is 0. The van der Waals surface area contributed by atoms with E-state index in [0.29, 0.717) is 0 Å². The van der Waals surface area contributed by atoms with Gasteiger partial charge < -0.3 is 31.2 Å². The van der Waals surface area contributed by atoms with Crippen molar-refractivity contribution in [3.63, 3.8) is 0 Å². The maximum absolute atomic E-state index is 11.7. The largest absolute Gasteiger partial charge is 0.461 e. The van der Waals surface area contributed by atoms with Gasteiger partial charge in [-0.25, -0.2) is 4.79 Å². The van der Waals surface area contributed by atoms with Gasteiger partial charge in [-0.3, -0.25) is 9.59 Å². The molecule has 122 valence electrons. The molecule has 0 aliphatic rings. The van der Waals surface area contributed by atoms with Crippen LogP contribution in [0.3, 0.4) is 0 Å². The number of nitrogens with two attached hydrogens (primary N) is 2. The highest BCUT2D eigenvalue weighted by molar-refractivity contribution is 5.82. The first-order valence-corrected chi connectivity index (χ1v) is 6.49. The molecule has 0 aromatic rings. The minimum atomic E-state index is -1.30.